The van der Waals surface area contributed by atoms with E-state index in [1.54, 1.807) is 0 Å². The first kappa shape index (κ1) is 20.8. The van der Waals surface area contributed by atoms with Crippen LogP contribution in [0.25, 0.3) is 0 Å². The molecule has 0 radical (unpaired) electrons. The van der Waals surface area contributed by atoms with Gasteiger partial charge in [0.25, 0.3) is 0 Å². The van der Waals surface area contributed by atoms with E-state index in [0.717, 1.165) is 0 Å². The molecular weight excluding hydrogens is 355 g/mol. The van der Waals surface area contributed by atoms with Crippen LogP contribution in [-0.4, -0.2) is 5.16 Å². The molecule has 0 unspecified atom stereocenters. The van der Waals surface area contributed by atoms with E-state index in [-0.39, 0.29) is 5.16 Å². The van der Waals surface area contributed by atoms with Crippen LogP contribution in [0.5, 0.6) is 0 Å². The SMILES string of the molecule is CC(C)(C)CCC(C)(C)[PH](c1ccccc1)(c1ccccc1)c1ccccc1. The fourth-order valence-electron chi connectivity index (χ4n) is 4.61. The van der Waals surface area contributed by atoms with E-state index in [1.807, 2.05) is 0 Å². The van der Waals surface area contributed by atoms with Gasteiger partial charge in [-0.3, -0.25) is 0 Å². The predicted molar refractivity (Wildman–Crippen MR) is 129 cm³/mol. The van der Waals surface area contributed by atoms with E-state index in [4.69, 9.17) is 0 Å². The Bertz CT molecular complexity index is 762. The van der Waals surface area contributed by atoms with Crippen molar-refractivity contribution in [2.75, 3.05) is 0 Å². The minimum absolute atomic E-state index is 0.171. The molecule has 0 saturated carbocycles. The molecule has 0 heterocycles. The molecule has 0 aliphatic rings. The Kier molecular flexibility index (Phi) is 6.11. The molecule has 3 aromatic carbocycles. The number of hydrogen-bond donors (Lipinski definition) is 0. The molecule has 0 fully saturated rings. The summed E-state index contributed by atoms with van der Waals surface area (Å²) in [5.41, 5.74) is 0.335. The average Bonchev–Trinajstić information content (AvgIpc) is 2.69. The zero-order valence-electron chi connectivity index (χ0n) is 18.1. The summed E-state index contributed by atoms with van der Waals surface area (Å²) in [6.07, 6.45) is 2.43. The van der Waals surface area contributed by atoms with Gasteiger partial charge >= 0.3 is 172 Å². The van der Waals surface area contributed by atoms with Gasteiger partial charge in [0, 0.05) is 0 Å². The Labute approximate surface area is 172 Å². The van der Waals surface area contributed by atoms with Gasteiger partial charge in [0.2, 0.25) is 0 Å². The van der Waals surface area contributed by atoms with Gasteiger partial charge in [0.15, 0.2) is 0 Å². The molecule has 148 valence electrons. The summed E-state index contributed by atoms with van der Waals surface area (Å²) in [5, 5.41) is 4.69. The molecular formula is C27H35P. The summed E-state index contributed by atoms with van der Waals surface area (Å²) in [6.45, 7) is 12.1. The Morgan fingerprint density at radius 3 is 1.11 bits per heavy atom. The summed E-state index contributed by atoms with van der Waals surface area (Å²) in [5.74, 6) is 0. The Balaban J connectivity index is 2.31. The quantitative estimate of drug-likeness (QED) is 0.432. The molecule has 0 atom stereocenters. The molecule has 3 rings (SSSR count). The van der Waals surface area contributed by atoms with E-state index in [9.17, 15) is 0 Å². The molecule has 1 heteroatoms. The predicted octanol–water partition coefficient (Wildman–Crippen LogP) is 6.32. The molecule has 28 heavy (non-hydrogen) atoms. The third-order valence-corrected chi connectivity index (χ3v) is 12.0. The van der Waals surface area contributed by atoms with Crippen molar-refractivity contribution in [2.45, 2.75) is 52.6 Å². The van der Waals surface area contributed by atoms with Gasteiger partial charge < -0.3 is 0 Å². The van der Waals surface area contributed by atoms with Crippen molar-refractivity contribution in [3.8, 4) is 0 Å². The third-order valence-electron chi connectivity index (χ3n) is 6.14. The minimum atomic E-state index is -2.25. The van der Waals surface area contributed by atoms with Crippen molar-refractivity contribution >= 4 is 23.2 Å². The van der Waals surface area contributed by atoms with Crippen LogP contribution in [0.1, 0.15) is 47.5 Å². The number of rotatable bonds is 6. The van der Waals surface area contributed by atoms with Crippen LogP contribution < -0.4 is 15.9 Å². The second kappa shape index (κ2) is 8.22. The topological polar surface area (TPSA) is 0 Å². The summed E-state index contributed by atoms with van der Waals surface area (Å²) >= 11 is 0. The van der Waals surface area contributed by atoms with Gasteiger partial charge in [0.05, 0.1) is 0 Å². The van der Waals surface area contributed by atoms with Crippen molar-refractivity contribution in [1.82, 2.24) is 0 Å². The van der Waals surface area contributed by atoms with Crippen LogP contribution in [0.15, 0.2) is 91.0 Å². The van der Waals surface area contributed by atoms with Crippen molar-refractivity contribution < 1.29 is 0 Å². The van der Waals surface area contributed by atoms with Crippen molar-refractivity contribution in [1.29, 1.82) is 0 Å². The van der Waals surface area contributed by atoms with E-state index in [0.29, 0.717) is 5.41 Å². The normalized spacial score (nSPS) is 13.3. The fourth-order valence-corrected chi connectivity index (χ4v) is 10.5. The van der Waals surface area contributed by atoms with Gasteiger partial charge in [0.1, 0.15) is 0 Å². The number of hydrogen-bond acceptors (Lipinski definition) is 0. The van der Waals surface area contributed by atoms with Crippen LogP contribution in [0, 0.1) is 5.41 Å². The monoisotopic (exact) mass is 390 g/mol. The van der Waals surface area contributed by atoms with E-state index < -0.39 is 7.26 Å². The standard InChI is InChI=1S/C27H35P/c1-26(2,3)21-22-27(4,5)28(23-15-9-6-10-16-23,24-17-11-7-12-18-24)25-19-13-8-14-20-25/h6-20,28H,21-22H2,1-5H3. The van der Waals surface area contributed by atoms with Crippen molar-refractivity contribution in [3.05, 3.63) is 91.0 Å². The zero-order valence-corrected chi connectivity index (χ0v) is 19.1. The Hall–Kier alpha value is -1.91. The first-order chi connectivity index (χ1) is 13.3. The first-order valence-corrected chi connectivity index (χ1v) is 12.4. The molecule has 0 saturated heterocycles. The second-order valence-electron chi connectivity index (χ2n) is 9.79. The molecule has 0 aliphatic heterocycles. The summed E-state index contributed by atoms with van der Waals surface area (Å²) in [4.78, 5) is 0. The van der Waals surface area contributed by atoms with E-state index >= 15 is 0 Å². The molecule has 0 N–H and O–H groups in total. The van der Waals surface area contributed by atoms with E-state index in [1.165, 1.54) is 28.8 Å². The van der Waals surface area contributed by atoms with Crippen LogP contribution in [0.3, 0.4) is 0 Å². The summed E-state index contributed by atoms with van der Waals surface area (Å²) < 4.78 is 0. The van der Waals surface area contributed by atoms with Crippen molar-refractivity contribution in [3.63, 3.8) is 0 Å². The van der Waals surface area contributed by atoms with Crippen LogP contribution in [0.2, 0.25) is 0 Å². The summed E-state index contributed by atoms with van der Waals surface area (Å²) in [6, 6.07) is 33.9. The molecule has 0 bridgehead atoms. The van der Waals surface area contributed by atoms with Crippen LogP contribution in [0.4, 0.5) is 0 Å². The Morgan fingerprint density at radius 1 is 0.500 bits per heavy atom. The number of benzene rings is 3. The Morgan fingerprint density at radius 2 is 0.821 bits per heavy atom. The molecule has 3 aromatic rings. The van der Waals surface area contributed by atoms with Gasteiger partial charge in [-0.2, -0.15) is 0 Å². The van der Waals surface area contributed by atoms with E-state index in [2.05, 4.69) is 126 Å². The van der Waals surface area contributed by atoms with Gasteiger partial charge in [-0.25, -0.2) is 0 Å². The molecule has 0 aliphatic carbocycles. The van der Waals surface area contributed by atoms with Gasteiger partial charge in [-0.15, -0.1) is 0 Å². The van der Waals surface area contributed by atoms with Crippen LogP contribution >= 0.6 is 7.26 Å². The molecule has 0 amide bonds. The van der Waals surface area contributed by atoms with Crippen molar-refractivity contribution in [2.24, 2.45) is 5.41 Å². The fraction of sp³-hybridized carbons (Fsp3) is 0.333. The third kappa shape index (κ3) is 4.08. The van der Waals surface area contributed by atoms with Gasteiger partial charge in [-0.1, -0.05) is 0 Å². The molecule has 0 spiro atoms. The maximum absolute atomic E-state index is 2.51. The molecule has 0 aromatic heterocycles. The van der Waals surface area contributed by atoms with Gasteiger partial charge in [-0.05, 0) is 0 Å². The molecule has 0 nitrogen and oxygen atoms in total. The second-order valence-corrected chi connectivity index (χ2v) is 14.4. The summed E-state index contributed by atoms with van der Waals surface area (Å²) in [7, 11) is -2.25. The first-order valence-electron chi connectivity index (χ1n) is 10.4. The van der Waals surface area contributed by atoms with Crippen LogP contribution in [-0.2, 0) is 0 Å². The maximum atomic E-state index is 2.51. The average molecular weight is 391 g/mol. The zero-order chi connectivity index (χ0) is 20.3.